The van der Waals surface area contributed by atoms with Gasteiger partial charge in [-0.25, -0.2) is 8.78 Å². The van der Waals surface area contributed by atoms with Crippen LogP contribution in [-0.4, -0.2) is 6.26 Å². The molecule has 13 heavy (non-hydrogen) atoms. The third kappa shape index (κ3) is 2.44. The van der Waals surface area contributed by atoms with E-state index in [1.54, 1.807) is 18.4 Å². The van der Waals surface area contributed by atoms with E-state index in [2.05, 4.69) is 0 Å². The van der Waals surface area contributed by atoms with E-state index in [4.69, 9.17) is 0 Å². The van der Waals surface area contributed by atoms with Gasteiger partial charge in [-0.15, -0.1) is 11.8 Å². The van der Waals surface area contributed by atoms with Crippen LogP contribution in [0, 0.1) is 6.92 Å². The zero-order valence-electron chi connectivity index (χ0n) is 7.90. The van der Waals surface area contributed by atoms with E-state index in [0.29, 0.717) is 4.90 Å². The average Bonchev–Trinajstić information content (AvgIpc) is 2.03. The van der Waals surface area contributed by atoms with Crippen molar-refractivity contribution in [1.29, 1.82) is 0 Å². The Labute approximate surface area is 81.3 Å². The largest absolute Gasteiger partial charge is 0.271 e. The first-order valence-electron chi connectivity index (χ1n) is 3.98. The summed E-state index contributed by atoms with van der Waals surface area (Å²) in [5.41, 5.74) is 0.995. The summed E-state index contributed by atoms with van der Waals surface area (Å²) in [4.78, 5) is 0.651. The van der Waals surface area contributed by atoms with Gasteiger partial charge in [-0.1, -0.05) is 11.6 Å². The van der Waals surface area contributed by atoms with E-state index in [0.717, 1.165) is 12.5 Å². The molecule has 0 saturated heterocycles. The SMILES string of the molecule is CSc1ccc(C)cc1C(C)(F)F. The summed E-state index contributed by atoms with van der Waals surface area (Å²) < 4.78 is 26.1. The van der Waals surface area contributed by atoms with Crippen LogP contribution < -0.4 is 0 Å². The quantitative estimate of drug-likeness (QED) is 0.657. The van der Waals surface area contributed by atoms with E-state index in [1.807, 2.05) is 13.0 Å². The number of benzene rings is 1. The minimum Gasteiger partial charge on any atom is -0.202 e. The molecule has 0 aliphatic rings. The fourth-order valence-corrected chi connectivity index (χ4v) is 1.83. The number of aryl methyl sites for hydroxylation is 1. The zero-order chi connectivity index (χ0) is 10.1. The third-order valence-electron chi connectivity index (χ3n) is 1.83. The van der Waals surface area contributed by atoms with Gasteiger partial charge in [-0.3, -0.25) is 0 Å². The van der Waals surface area contributed by atoms with Crippen LogP contribution in [0.3, 0.4) is 0 Å². The number of hydrogen-bond donors (Lipinski definition) is 0. The van der Waals surface area contributed by atoms with Gasteiger partial charge in [0.2, 0.25) is 0 Å². The van der Waals surface area contributed by atoms with Gasteiger partial charge >= 0.3 is 0 Å². The van der Waals surface area contributed by atoms with Crippen molar-refractivity contribution < 1.29 is 8.78 Å². The van der Waals surface area contributed by atoms with Crippen LogP contribution in [0.1, 0.15) is 18.1 Å². The van der Waals surface area contributed by atoms with Gasteiger partial charge in [-0.05, 0) is 25.3 Å². The van der Waals surface area contributed by atoms with Gasteiger partial charge in [0.15, 0.2) is 0 Å². The van der Waals surface area contributed by atoms with E-state index in [1.165, 1.54) is 11.8 Å². The fraction of sp³-hybridized carbons (Fsp3) is 0.400. The van der Waals surface area contributed by atoms with Crippen molar-refractivity contribution in [3.8, 4) is 0 Å². The molecule has 0 aliphatic carbocycles. The maximum Gasteiger partial charge on any atom is 0.271 e. The van der Waals surface area contributed by atoms with E-state index < -0.39 is 5.92 Å². The van der Waals surface area contributed by atoms with Crippen LogP contribution in [0.4, 0.5) is 8.78 Å². The lowest BCUT2D eigenvalue weighted by molar-refractivity contribution is 0.0146. The van der Waals surface area contributed by atoms with Gasteiger partial charge < -0.3 is 0 Å². The molecule has 0 spiro atoms. The lowest BCUT2D eigenvalue weighted by Crippen LogP contribution is -2.08. The summed E-state index contributed by atoms with van der Waals surface area (Å²) in [5.74, 6) is -2.75. The van der Waals surface area contributed by atoms with Crippen LogP contribution >= 0.6 is 11.8 Å². The second kappa shape index (κ2) is 3.66. The molecule has 0 amide bonds. The highest BCUT2D eigenvalue weighted by molar-refractivity contribution is 7.98. The molecule has 72 valence electrons. The molecule has 1 aromatic carbocycles. The highest BCUT2D eigenvalue weighted by Gasteiger charge is 2.27. The Morgan fingerprint density at radius 1 is 1.31 bits per heavy atom. The molecule has 0 aromatic heterocycles. The average molecular weight is 202 g/mol. The molecule has 0 N–H and O–H groups in total. The molecule has 0 unspecified atom stereocenters. The Morgan fingerprint density at radius 3 is 2.38 bits per heavy atom. The number of alkyl halides is 2. The zero-order valence-corrected chi connectivity index (χ0v) is 8.71. The van der Waals surface area contributed by atoms with Crippen molar-refractivity contribution in [3.05, 3.63) is 29.3 Å². The summed E-state index contributed by atoms with van der Waals surface area (Å²) in [6, 6.07) is 5.14. The Bertz CT molecular complexity index is 302. The van der Waals surface area contributed by atoms with Gasteiger partial charge in [0.05, 0.1) is 0 Å². The number of thioether (sulfide) groups is 1. The molecule has 3 heteroatoms. The van der Waals surface area contributed by atoms with Gasteiger partial charge in [0.25, 0.3) is 5.92 Å². The number of rotatable bonds is 2. The van der Waals surface area contributed by atoms with Crippen LogP contribution in [0.2, 0.25) is 0 Å². The Kier molecular flexibility index (Phi) is 2.96. The molecule has 0 heterocycles. The normalized spacial score (nSPS) is 11.8. The second-order valence-corrected chi connectivity index (χ2v) is 3.94. The van der Waals surface area contributed by atoms with Crippen molar-refractivity contribution in [2.45, 2.75) is 24.7 Å². The fourth-order valence-electron chi connectivity index (χ4n) is 1.16. The third-order valence-corrected chi connectivity index (χ3v) is 2.62. The van der Waals surface area contributed by atoms with Crippen molar-refractivity contribution in [1.82, 2.24) is 0 Å². The predicted octanol–water partition coefficient (Wildman–Crippen LogP) is 3.83. The summed E-state index contributed by atoms with van der Waals surface area (Å²) in [6.45, 7) is 2.75. The smallest absolute Gasteiger partial charge is 0.202 e. The maximum atomic E-state index is 13.1. The summed E-state index contributed by atoms with van der Waals surface area (Å²) >= 11 is 1.35. The van der Waals surface area contributed by atoms with Gasteiger partial charge in [0, 0.05) is 17.4 Å². The minimum atomic E-state index is -2.75. The maximum absolute atomic E-state index is 13.1. The van der Waals surface area contributed by atoms with Crippen LogP contribution in [0.5, 0.6) is 0 Å². The molecule has 0 atom stereocenters. The highest BCUT2D eigenvalue weighted by Crippen LogP contribution is 2.34. The molecule has 0 radical (unpaired) electrons. The van der Waals surface area contributed by atoms with Gasteiger partial charge in [0.1, 0.15) is 0 Å². The van der Waals surface area contributed by atoms with Crippen LogP contribution in [0.15, 0.2) is 23.1 Å². The molecule has 1 aromatic rings. The Balaban J connectivity index is 3.24. The molecular weight excluding hydrogens is 190 g/mol. The number of hydrogen-bond acceptors (Lipinski definition) is 1. The topological polar surface area (TPSA) is 0 Å². The van der Waals surface area contributed by atoms with Crippen LogP contribution in [-0.2, 0) is 5.92 Å². The van der Waals surface area contributed by atoms with Gasteiger partial charge in [-0.2, -0.15) is 0 Å². The first kappa shape index (κ1) is 10.5. The lowest BCUT2D eigenvalue weighted by Gasteiger charge is -2.14. The summed E-state index contributed by atoms with van der Waals surface area (Å²) in [5, 5.41) is 0. The van der Waals surface area contributed by atoms with Crippen molar-refractivity contribution in [3.63, 3.8) is 0 Å². The molecule has 1 rings (SSSR count). The second-order valence-electron chi connectivity index (χ2n) is 3.09. The van der Waals surface area contributed by atoms with E-state index in [-0.39, 0.29) is 5.56 Å². The lowest BCUT2D eigenvalue weighted by atomic mass is 10.1. The molecular formula is C10H12F2S. The summed E-state index contributed by atoms with van der Waals surface area (Å²) in [7, 11) is 0. The Morgan fingerprint density at radius 2 is 1.92 bits per heavy atom. The molecule has 0 fully saturated rings. The summed E-state index contributed by atoms with van der Waals surface area (Å²) in [6.07, 6.45) is 1.81. The first-order valence-corrected chi connectivity index (χ1v) is 5.20. The first-order chi connectivity index (χ1) is 5.95. The predicted molar refractivity (Wildman–Crippen MR) is 52.5 cm³/mol. The standard InChI is InChI=1S/C10H12F2S/c1-7-4-5-9(13-3)8(6-7)10(2,11)12/h4-6H,1-3H3. The van der Waals surface area contributed by atoms with Crippen molar-refractivity contribution in [2.24, 2.45) is 0 Å². The monoisotopic (exact) mass is 202 g/mol. The molecule has 0 nitrogen and oxygen atoms in total. The highest BCUT2D eigenvalue weighted by atomic mass is 32.2. The van der Waals surface area contributed by atoms with Crippen molar-refractivity contribution in [2.75, 3.05) is 6.26 Å². The molecule has 0 saturated carbocycles. The Hall–Kier alpha value is -0.570. The van der Waals surface area contributed by atoms with E-state index >= 15 is 0 Å². The van der Waals surface area contributed by atoms with Crippen LogP contribution in [0.25, 0.3) is 0 Å². The number of halogens is 2. The molecule has 0 bridgehead atoms. The minimum absolute atomic E-state index is 0.125. The van der Waals surface area contributed by atoms with E-state index in [9.17, 15) is 8.78 Å². The van der Waals surface area contributed by atoms with Crippen molar-refractivity contribution >= 4 is 11.8 Å². The molecule has 0 aliphatic heterocycles.